The predicted molar refractivity (Wildman–Crippen MR) is 129 cm³/mol. The summed E-state index contributed by atoms with van der Waals surface area (Å²) in [5.41, 5.74) is 5.49. The number of nitrogens with one attached hydrogen (secondary N) is 2. The second-order valence-corrected chi connectivity index (χ2v) is 8.44. The maximum Gasteiger partial charge on any atom is 0.221 e. The van der Waals surface area contributed by atoms with Gasteiger partial charge in [-0.3, -0.25) is 4.79 Å². The van der Waals surface area contributed by atoms with Gasteiger partial charge in [0.05, 0.1) is 10.0 Å². The van der Waals surface area contributed by atoms with Crippen molar-refractivity contribution in [2.75, 3.05) is 0 Å². The largest absolute Gasteiger partial charge is 0.361 e. The number of aromatic nitrogens is 1. The topological polar surface area (TPSA) is 44.9 Å². The predicted octanol–water partition coefficient (Wildman–Crippen LogP) is 6.88. The molecule has 1 aromatic heterocycles. The van der Waals surface area contributed by atoms with E-state index in [0.717, 1.165) is 34.0 Å². The van der Waals surface area contributed by atoms with Gasteiger partial charge in [-0.2, -0.15) is 0 Å². The first-order valence-electron chi connectivity index (χ1n) is 10.4. The fourth-order valence-corrected chi connectivity index (χ4v) is 4.32. The highest BCUT2D eigenvalue weighted by Crippen LogP contribution is 2.36. The number of para-hydroxylation sites is 1. The van der Waals surface area contributed by atoms with E-state index in [4.69, 9.17) is 23.2 Å². The van der Waals surface area contributed by atoms with Crippen molar-refractivity contribution in [1.29, 1.82) is 0 Å². The Morgan fingerprint density at radius 3 is 2.55 bits per heavy atom. The molecule has 0 aliphatic heterocycles. The molecule has 4 aromatic rings. The van der Waals surface area contributed by atoms with Gasteiger partial charge >= 0.3 is 0 Å². The van der Waals surface area contributed by atoms with E-state index in [2.05, 4.69) is 35.4 Å². The van der Waals surface area contributed by atoms with Gasteiger partial charge in [-0.05, 0) is 40.8 Å². The van der Waals surface area contributed by atoms with E-state index in [9.17, 15) is 4.79 Å². The third-order valence-corrected chi connectivity index (χ3v) is 6.40. The number of fused-ring (bicyclic) bond motifs is 1. The summed E-state index contributed by atoms with van der Waals surface area (Å²) in [5.74, 6) is -0.160. The summed E-state index contributed by atoms with van der Waals surface area (Å²) in [4.78, 5) is 16.4. The minimum Gasteiger partial charge on any atom is -0.361 e. The molecular weight excluding hydrogens is 427 g/mol. The number of hydrogen-bond acceptors (Lipinski definition) is 1. The van der Waals surface area contributed by atoms with Crippen LogP contribution in [0.1, 0.15) is 41.5 Å². The van der Waals surface area contributed by atoms with Crippen LogP contribution in [0.5, 0.6) is 0 Å². The van der Waals surface area contributed by atoms with Crippen LogP contribution in [-0.2, 0) is 17.8 Å². The zero-order valence-corrected chi connectivity index (χ0v) is 18.8. The molecule has 3 aromatic carbocycles. The first kappa shape index (κ1) is 21.5. The van der Waals surface area contributed by atoms with E-state index in [0.29, 0.717) is 23.0 Å². The molecule has 1 amide bonds. The van der Waals surface area contributed by atoms with Crippen molar-refractivity contribution in [2.45, 2.75) is 32.2 Å². The smallest absolute Gasteiger partial charge is 0.221 e. The van der Waals surface area contributed by atoms with E-state index >= 15 is 0 Å². The molecule has 4 rings (SSSR count). The van der Waals surface area contributed by atoms with E-state index in [1.807, 2.05) is 48.7 Å². The number of carbonyl (C=O) groups excluding carboxylic acids is 1. The number of carbonyl (C=O) groups is 1. The van der Waals surface area contributed by atoms with E-state index < -0.39 is 0 Å². The molecule has 0 aliphatic carbocycles. The van der Waals surface area contributed by atoms with Gasteiger partial charge in [0, 0.05) is 36.0 Å². The Bertz CT molecular complexity index is 1200. The third-order valence-electron chi connectivity index (χ3n) is 5.66. The highest BCUT2D eigenvalue weighted by Gasteiger charge is 2.22. The van der Waals surface area contributed by atoms with Gasteiger partial charge in [0.2, 0.25) is 5.91 Å². The maximum atomic E-state index is 12.9. The average molecular weight is 451 g/mol. The molecule has 0 spiro atoms. The zero-order chi connectivity index (χ0) is 21.8. The first-order valence-corrected chi connectivity index (χ1v) is 11.2. The Balaban J connectivity index is 1.67. The summed E-state index contributed by atoms with van der Waals surface area (Å²) < 4.78 is 0. The quantitative estimate of drug-likeness (QED) is 0.316. The van der Waals surface area contributed by atoms with Gasteiger partial charge in [-0.1, -0.05) is 84.7 Å². The second-order valence-electron chi connectivity index (χ2n) is 7.63. The van der Waals surface area contributed by atoms with E-state index in [1.165, 1.54) is 5.56 Å². The molecule has 0 fully saturated rings. The van der Waals surface area contributed by atoms with Crippen LogP contribution >= 0.6 is 23.2 Å². The van der Waals surface area contributed by atoms with Crippen LogP contribution < -0.4 is 5.32 Å². The summed E-state index contributed by atoms with van der Waals surface area (Å²) in [7, 11) is 0. The molecule has 1 atom stereocenters. The zero-order valence-electron chi connectivity index (χ0n) is 17.3. The van der Waals surface area contributed by atoms with Crippen LogP contribution in [0.25, 0.3) is 10.9 Å². The lowest BCUT2D eigenvalue weighted by Crippen LogP contribution is -2.25. The second kappa shape index (κ2) is 9.59. The molecule has 0 saturated carbocycles. The van der Waals surface area contributed by atoms with E-state index in [1.54, 1.807) is 6.07 Å². The molecule has 1 unspecified atom stereocenters. The molecular formula is C26H24Cl2N2O. The number of hydrogen-bond donors (Lipinski definition) is 2. The Morgan fingerprint density at radius 1 is 1.00 bits per heavy atom. The van der Waals surface area contributed by atoms with Crippen molar-refractivity contribution < 1.29 is 4.79 Å². The number of aromatic amines is 1. The van der Waals surface area contributed by atoms with Crippen molar-refractivity contribution in [3.05, 3.63) is 105 Å². The first-order chi connectivity index (χ1) is 15.1. The number of H-pyrrole nitrogens is 1. The van der Waals surface area contributed by atoms with Crippen LogP contribution in [0.3, 0.4) is 0 Å². The molecule has 31 heavy (non-hydrogen) atoms. The van der Waals surface area contributed by atoms with Gasteiger partial charge in [-0.25, -0.2) is 0 Å². The van der Waals surface area contributed by atoms with Crippen LogP contribution in [0.2, 0.25) is 10.0 Å². The Labute approximate surface area is 192 Å². The Morgan fingerprint density at radius 2 is 1.81 bits per heavy atom. The molecule has 158 valence electrons. The number of halogens is 2. The van der Waals surface area contributed by atoms with Gasteiger partial charge in [0.25, 0.3) is 0 Å². The lowest BCUT2D eigenvalue weighted by Gasteiger charge is -2.18. The number of rotatable bonds is 7. The Kier molecular flexibility index (Phi) is 6.64. The molecule has 3 nitrogen and oxygen atoms in total. The summed E-state index contributed by atoms with van der Waals surface area (Å²) in [5, 5.41) is 5.17. The summed E-state index contributed by atoms with van der Waals surface area (Å²) in [6.07, 6.45) is 3.27. The van der Waals surface area contributed by atoms with Gasteiger partial charge in [0.1, 0.15) is 0 Å². The monoisotopic (exact) mass is 450 g/mol. The highest BCUT2D eigenvalue weighted by molar-refractivity contribution is 6.42. The summed E-state index contributed by atoms with van der Waals surface area (Å²) in [6.45, 7) is 2.64. The molecule has 5 heteroatoms. The molecule has 0 bridgehead atoms. The van der Waals surface area contributed by atoms with Crippen molar-refractivity contribution in [1.82, 2.24) is 10.3 Å². The maximum absolute atomic E-state index is 12.9. The minimum atomic E-state index is -0.147. The van der Waals surface area contributed by atoms with Gasteiger partial charge in [0.15, 0.2) is 0 Å². The van der Waals surface area contributed by atoms with Crippen LogP contribution in [0, 0.1) is 0 Å². The van der Waals surface area contributed by atoms with Crippen molar-refractivity contribution in [2.24, 2.45) is 0 Å². The fraction of sp³-hybridized carbons (Fsp3) is 0.192. The Hall–Kier alpha value is -2.75. The minimum absolute atomic E-state index is 0.0130. The van der Waals surface area contributed by atoms with Crippen LogP contribution in [0.15, 0.2) is 72.9 Å². The number of amides is 1. The summed E-state index contributed by atoms with van der Waals surface area (Å²) >= 11 is 12.5. The number of aryl methyl sites for hydroxylation is 1. The average Bonchev–Trinajstić information content (AvgIpc) is 3.23. The molecule has 2 N–H and O–H groups in total. The lowest BCUT2D eigenvalue weighted by molar-refractivity contribution is -0.121. The molecule has 0 radical (unpaired) electrons. The molecule has 1 heterocycles. The normalized spacial score (nSPS) is 12.1. The van der Waals surface area contributed by atoms with Crippen LogP contribution in [0.4, 0.5) is 0 Å². The van der Waals surface area contributed by atoms with Crippen molar-refractivity contribution in [3.63, 3.8) is 0 Å². The van der Waals surface area contributed by atoms with Crippen molar-refractivity contribution in [3.8, 4) is 0 Å². The third kappa shape index (κ3) is 4.79. The van der Waals surface area contributed by atoms with Crippen molar-refractivity contribution >= 4 is 40.0 Å². The standard InChI is InChI=1S/C26H24Cl2N2O/c1-2-18-9-6-10-20-22(16-30-26(18)20)21(19-11-12-23(27)24(28)13-19)14-25(31)29-15-17-7-4-3-5-8-17/h3-13,16,21,30H,2,14-15H2,1H3,(H,29,31). The summed E-state index contributed by atoms with van der Waals surface area (Å²) in [6, 6.07) is 21.8. The van der Waals surface area contributed by atoms with Gasteiger partial charge < -0.3 is 10.3 Å². The highest BCUT2D eigenvalue weighted by atomic mass is 35.5. The van der Waals surface area contributed by atoms with Gasteiger partial charge in [-0.15, -0.1) is 0 Å². The molecule has 0 aliphatic rings. The SMILES string of the molecule is CCc1cccc2c(C(CC(=O)NCc3ccccc3)c3ccc(Cl)c(Cl)c3)c[nH]c12. The molecule has 0 saturated heterocycles. The van der Waals surface area contributed by atoms with Crippen LogP contribution in [-0.4, -0.2) is 10.9 Å². The lowest BCUT2D eigenvalue weighted by atomic mass is 9.87. The fourth-order valence-electron chi connectivity index (χ4n) is 4.01. The number of benzene rings is 3. The van der Waals surface area contributed by atoms with E-state index in [-0.39, 0.29) is 11.8 Å².